The lowest BCUT2D eigenvalue weighted by molar-refractivity contribution is 0.170. The van der Waals surface area contributed by atoms with E-state index >= 15 is 0 Å². The second-order valence-corrected chi connectivity index (χ2v) is 9.96. The summed E-state index contributed by atoms with van der Waals surface area (Å²) in [7, 11) is 0. The maximum atomic E-state index is 10.2. The number of likely N-dealkylation sites (tertiary alicyclic amines) is 1. The molecule has 0 spiro atoms. The fourth-order valence-corrected chi connectivity index (χ4v) is 5.03. The molecule has 0 saturated carbocycles. The summed E-state index contributed by atoms with van der Waals surface area (Å²) in [4.78, 5) is 2.53. The van der Waals surface area contributed by atoms with E-state index < -0.39 is 5.41 Å². The summed E-state index contributed by atoms with van der Waals surface area (Å²) in [5.74, 6) is 1.19. The van der Waals surface area contributed by atoms with Gasteiger partial charge in [0, 0.05) is 0 Å². The summed E-state index contributed by atoms with van der Waals surface area (Å²) in [6.45, 7) is 7.53. The zero-order valence-corrected chi connectivity index (χ0v) is 19.6. The summed E-state index contributed by atoms with van der Waals surface area (Å²) < 4.78 is 0. The van der Waals surface area contributed by atoms with Crippen LogP contribution in [0.5, 0.6) is 0 Å². The third-order valence-corrected chi connectivity index (χ3v) is 7.11. The molecule has 0 N–H and O–H groups in total. The maximum absolute atomic E-state index is 10.2. The van der Waals surface area contributed by atoms with Crippen LogP contribution in [0.15, 0.2) is 48.5 Å². The van der Waals surface area contributed by atoms with E-state index in [4.69, 9.17) is 23.2 Å². The van der Waals surface area contributed by atoms with Crippen LogP contribution in [-0.4, -0.2) is 24.5 Å². The van der Waals surface area contributed by atoms with Gasteiger partial charge in [-0.05, 0) is 86.8 Å². The van der Waals surface area contributed by atoms with Gasteiger partial charge in [0.1, 0.15) is 0 Å². The van der Waals surface area contributed by atoms with Crippen LogP contribution < -0.4 is 0 Å². The summed E-state index contributed by atoms with van der Waals surface area (Å²) in [6, 6.07) is 19.2. The molecule has 1 atom stereocenters. The van der Waals surface area contributed by atoms with Crippen molar-refractivity contribution in [2.45, 2.75) is 51.4 Å². The Hall–Kier alpha value is -1.53. The lowest BCUT2D eigenvalue weighted by atomic mass is 9.73. The van der Waals surface area contributed by atoms with E-state index in [2.05, 4.69) is 55.1 Å². The largest absolute Gasteiger partial charge is 0.303 e. The lowest BCUT2D eigenvalue weighted by Gasteiger charge is -2.36. The zero-order valence-electron chi connectivity index (χ0n) is 18.1. The molecule has 0 amide bonds. The first-order chi connectivity index (χ1) is 14.4. The molecular weight excluding hydrogens is 411 g/mol. The number of piperidine rings is 1. The van der Waals surface area contributed by atoms with Crippen molar-refractivity contribution in [3.8, 4) is 6.07 Å². The number of nitrogens with zero attached hydrogens (tertiary/aromatic N) is 2. The van der Waals surface area contributed by atoms with Crippen LogP contribution in [0.2, 0.25) is 10.0 Å². The molecule has 4 heteroatoms. The Kier molecular flexibility index (Phi) is 8.23. The first-order valence-corrected chi connectivity index (χ1v) is 11.8. The lowest BCUT2D eigenvalue weighted by Crippen LogP contribution is -2.38. The molecule has 0 aliphatic carbocycles. The van der Waals surface area contributed by atoms with Crippen molar-refractivity contribution in [2.24, 2.45) is 11.8 Å². The monoisotopic (exact) mass is 442 g/mol. The van der Waals surface area contributed by atoms with E-state index in [1.807, 2.05) is 18.2 Å². The fraction of sp³-hybridized carbons (Fsp3) is 0.500. The van der Waals surface area contributed by atoms with Crippen LogP contribution in [0.1, 0.15) is 50.7 Å². The molecule has 30 heavy (non-hydrogen) atoms. The highest BCUT2D eigenvalue weighted by Gasteiger charge is 2.34. The SMILES string of the molecule is CC(C)CC(C#N)(CCN1CCC(Cc2ccccc2)CC1)c1ccc(Cl)c(Cl)c1. The summed E-state index contributed by atoms with van der Waals surface area (Å²) in [5, 5.41) is 11.3. The van der Waals surface area contributed by atoms with Gasteiger partial charge in [-0.15, -0.1) is 0 Å². The number of rotatable bonds is 8. The van der Waals surface area contributed by atoms with E-state index in [9.17, 15) is 5.26 Å². The van der Waals surface area contributed by atoms with Crippen molar-refractivity contribution in [3.05, 3.63) is 69.7 Å². The quantitative estimate of drug-likeness (QED) is 0.433. The average molecular weight is 443 g/mol. The molecule has 1 aliphatic heterocycles. The van der Waals surface area contributed by atoms with Gasteiger partial charge in [0.25, 0.3) is 0 Å². The van der Waals surface area contributed by atoms with E-state index in [1.165, 1.54) is 24.8 Å². The Morgan fingerprint density at radius 1 is 1.07 bits per heavy atom. The molecule has 1 saturated heterocycles. The minimum Gasteiger partial charge on any atom is -0.303 e. The van der Waals surface area contributed by atoms with Gasteiger partial charge in [-0.3, -0.25) is 0 Å². The van der Waals surface area contributed by atoms with E-state index in [0.29, 0.717) is 16.0 Å². The number of halogens is 2. The molecule has 2 aromatic rings. The van der Waals surface area contributed by atoms with Crippen molar-refractivity contribution >= 4 is 23.2 Å². The van der Waals surface area contributed by atoms with Gasteiger partial charge in [0.05, 0.1) is 21.5 Å². The summed E-state index contributed by atoms with van der Waals surface area (Å²) in [5.41, 5.74) is 1.91. The summed E-state index contributed by atoms with van der Waals surface area (Å²) in [6.07, 6.45) is 5.28. The molecular formula is C26H32Cl2N2. The topological polar surface area (TPSA) is 27.0 Å². The third kappa shape index (κ3) is 6.01. The number of benzene rings is 2. The van der Waals surface area contributed by atoms with Crippen molar-refractivity contribution in [1.29, 1.82) is 5.26 Å². The number of nitriles is 1. The van der Waals surface area contributed by atoms with E-state index in [0.717, 1.165) is 44.0 Å². The van der Waals surface area contributed by atoms with Crippen LogP contribution in [0, 0.1) is 23.2 Å². The maximum Gasteiger partial charge on any atom is 0.0837 e. The average Bonchev–Trinajstić information content (AvgIpc) is 2.74. The molecule has 1 heterocycles. The molecule has 1 fully saturated rings. The number of hydrogen-bond donors (Lipinski definition) is 0. The Labute approximate surface area is 191 Å². The highest BCUT2D eigenvalue weighted by atomic mass is 35.5. The van der Waals surface area contributed by atoms with Gasteiger partial charge in [-0.2, -0.15) is 5.26 Å². The Morgan fingerprint density at radius 3 is 2.37 bits per heavy atom. The van der Waals surface area contributed by atoms with Gasteiger partial charge >= 0.3 is 0 Å². The number of hydrogen-bond acceptors (Lipinski definition) is 2. The molecule has 2 nitrogen and oxygen atoms in total. The first kappa shape index (κ1) is 23.1. The third-order valence-electron chi connectivity index (χ3n) is 6.37. The van der Waals surface area contributed by atoms with Crippen molar-refractivity contribution < 1.29 is 0 Å². The molecule has 2 aromatic carbocycles. The Bertz CT molecular complexity index is 851. The van der Waals surface area contributed by atoms with Crippen LogP contribution in [-0.2, 0) is 11.8 Å². The van der Waals surface area contributed by atoms with Crippen molar-refractivity contribution in [3.63, 3.8) is 0 Å². The minimum atomic E-state index is -0.525. The molecule has 1 unspecified atom stereocenters. The van der Waals surface area contributed by atoms with Gasteiger partial charge in [0.15, 0.2) is 0 Å². The smallest absolute Gasteiger partial charge is 0.0837 e. The van der Waals surface area contributed by atoms with E-state index in [-0.39, 0.29) is 0 Å². The van der Waals surface area contributed by atoms with E-state index in [1.54, 1.807) is 0 Å². The van der Waals surface area contributed by atoms with Crippen LogP contribution in [0.4, 0.5) is 0 Å². The van der Waals surface area contributed by atoms with Crippen LogP contribution >= 0.6 is 23.2 Å². The predicted molar refractivity (Wildman–Crippen MR) is 127 cm³/mol. The van der Waals surface area contributed by atoms with Gasteiger partial charge in [-0.1, -0.05) is 73.4 Å². The van der Waals surface area contributed by atoms with Crippen LogP contribution in [0.3, 0.4) is 0 Å². The van der Waals surface area contributed by atoms with Gasteiger partial charge in [-0.25, -0.2) is 0 Å². The van der Waals surface area contributed by atoms with Crippen molar-refractivity contribution in [1.82, 2.24) is 4.90 Å². The molecule has 1 aliphatic rings. The second kappa shape index (κ2) is 10.7. The molecule has 3 rings (SSSR count). The zero-order chi connectivity index (χ0) is 21.6. The molecule has 0 bridgehead atoms. The molecule has 0 radical (unpaired) electrons. The van der Waals surface area contributed by atoms with Gasteiger partial charge < -0.3 is 4.90 Å². The minimum absolute atomic E-state index is 0.427. The van der Waals surface area contributed by atoms with Gasteiger partial charge in [0.2, 0.25) is 0 Å². The Balaban J connectivity index is 1.62. The first-order valence-electron chi connectivity index (χ1n) is 11.0. The predicted octanol–water partition coefficient (Wildman–Crippen LogP) is 7.15. The van der Waals surface area contributed by atoms with Crippen LogP contribution in [0.25, 0.3) is 0 Å². The molecule has 0 aromatic heterocycles. The normalized spacial score (nSPS) is 17.6. The fourth-order valence-electron chi connectivity index (χ4n) is 4.73. The van der Waals surface area contributed by atoms with Crippen molar-refractivity contribution in [2.75, 3.05) is 19.6 Å². The second-order valence-electron chi connectivity index (χ2n) is 9.15. The molecule has 160 valence electrons. The standard InChI is InChI=1S/C26H32Cl2N2/c1-20(2)18-26(19-29,23-8-9-24(27)25(28)17-23)12-15-30-13-10-22(11-14-30)16-21-6-4-3-5-7-21/h3-9,17,20,22H,10-16,18H2,1-2H3. The Morgan fingerprint density at radius 2 is 1.77 bits per heavy atom. The summed E-state index contributed by atoms with van der Waals surface area (Å²) >= 11 is 12.4. The highest BCUT2D eigenvalue weighted by molar-refractivity contribution is 6.42. The highest BCUT2D eigenvalue weighted by Crippen LogP contribution is 2.38.